The Morgan fingerprint density at radius 2 is 1.05 bits per heavy atom. The van der Waals surface area contributed by atoms with Crippen LogP contribution in [0.5, 0.6) is 0 Å². The maximum Gasteiger partial charge on any atom is 0.0541 e. The van der Waals surface area contributed by atoms with Crippen LogP contribution in [0.1, 0.15) is 45.2 Å². The third-order valence-corrected chi connectivity index (χ3v) is 13.7. The number of para-hydroxylation sites is 1. The van der Waals surface area contributed by atoms with E-state index in [1.54, 1.807) is 0 Å². The quantitative estimate of drug-likeness (QED) is 0.164. The Labute approximate surface area is 344 Å². The first-order valence-electron chi connectivity index (χ1n) is 20.4. The summed E-state index contributed by atoms with van der Waals surface area (Å²) < 4.78 is 5.13. The first kappa shape index (κ1) is 34.8. The number of benzene rings is 8. The van der Waals surface area contributed by atoms with E-state index in [-0.39, 0.29) is 10.8 Å². The fraction of sp³-hybridized carbons (Fsp3) is 0.127. The van der Waals surface area contributed by atoms with Gasteiger partial charge in [0.2, 0.25) is 0 Å². The van der Waals surface area contributed by atoms with Crippen molar-refractivity contribution >= 4 is 70.4 Å². The standard InChI is InChI=1S/C55H44N2S/c1-54(2)35-55(3,4)53-47(54)20-13-22-50(53)57-48-21-10-8-18-43(48)46-33-39(26-31-49(46)57)38-16-12-17-41(32-38)56(40-27-24-37(25-28-40)36-14-6-5-7-15-36)42-29-30-45-44-19-9-11-23-51(44)58-52(45)34-42/h5-34H,35H2,1-4H3. The van der Waals surface area contributed by atoms with Gasteiger partial charge in [-0.1, -0.05) is 143 Å². The van der Waals surface area contributed by atoms with Gasteiger partial charge in [0, 0.05) is 48.0 Å². The summed E-state index contributed by atoms with van der Waals surface area (Å²) in [4.78, 5) is 2.41. The number of hydrogen-bond donors (Lipinski definition) is 0. The molecular formula is C55H44N2S. The molecule has 0 atom stereocenters. The number of thiophene rings is 1. The summed E-state index contributed by atoms with van der Waals surface area (Å²) in [6.07, 6.45) is 1.14. The van der Waals surface area contributed by atoms with E-state index in [9.17, 15) is 0 Å². The second kappa shape index (κ2) is 13.1. The average Bonchev–Trinajstić information content (AvgIpc) is 3.85. The topological polar surface area (TPSA) is 8.17 Å². The second-order valence-electron chi connectivity index (χ2n) is 17.3. The number of hydrogen-bond acceptors (Lipinski definition) is 2. The highest BCUT2D eigenvalue weighted by Gasteiger charge is 2.43. The van der Waals surface area contributed by atoms with E-state index < -0.39 is 0 Å². The summed E-state index contributed by atoms with van der Waals surface area (Å²) in [6, 6.07) is 67.3. The van der Waals surface area contributed by atoms with Crippen molar-refractivity contribution in [3.05, 3.63) is 193 Å². The van der Waals surface area contributed by atoms with Gasteiger partial charge < -0.3 is 9.47 Å². The molecule has 0 aliphatic heterocycles. The van der Waals surface area contributed by atoms with E-state index in [4.69, 9.17) is 0 Å². The Bertz CT molecular complexity index is 3200. The molecule has 0 bridgehead atoms. The monoisotopic (exact) mass is 764 g/mol. The average molecular weight is 765 g/mol. The maximum absolute atomic E-state index is 2.53. The number of rotatable bonds is 6. The van der Waals surface area contributed by atoms with Crippen molar-refractivity contribution in [3.63, 3.8) is 0 Å². The summed E-state index contributed by atoms with van der Waals surface area (Å²) in [5, 5.41) is 5.17. The van der Waals surface area contributed by atoms with Gasteiger partial charge in [0.25, 0.3) is 0 Å². The maximum atomic E-state index is 2.53. The van der Waals surface area contributed by atoms with Crippen LogP contribution in [-0.2, 0) is 10.8 Å². The van der Waals surface area contributed by atoms with Crippen LogP contribution >= 0.6 is 11.3 Å². The van der Waals surface area contributed by atoms with Crippen LogP contribution in [0.25, 0.3) is 69.9 Å². The molecule has 0 radical (unpaired) electrons. The summed E-state index contributed by atoms with van der Waals surface area (Å²) in [5.41, 5.74) is 15.2. The van der Waals surface area contributed by atoms with Gasteiger partial charge in [0.05, 0.1) is 16.7 Å². The molecule has 8 aromatic carbocycles. The molecule has 0 saturated carbocycles. The van der Waals surface area contributed by atoms with Crippen molar-refractivity contribution in [1.82, 2.24) is 4.57 Å². The van der Waals surface area contributed by atoms with Crippen molar-refractivity contribution in [2.45, 2.75) is 44.9 Å². The number of anilines is 3. The highest BCUT2D eigenvalue weighted by molar-refractivity contribution is 7.25. The van der Waals surface area contributed by atoms with Gasteiger partial charge in [-0.2, -0.15) is 0 Å². The Kier molecular flexibility index (Phi) is 7.83. The largest absolute Gasteiger partial charge is 0.310 e. The van der Waals surface area contributed by atoms with Gasteiger partial charge in [-0.05, 0) is 117 Å². The Hall–Kier alpha value is -6.42. The van der Waals surface area contributed by atoms with E-state index in [1.165, 1.54) is 81.0 Å². The van der Waals surface area contributed by atoms with Crippen molar-refractivity contribution in [2.24, 2.45) is 0 Å². The number of nitrogens with zero attached hydrogens (tertiary/aromatic N) is 2. The summed E-state index contributed by atoms with van der Waals surface area (Å²) in [5.74, 6) is 0. The van der Waals surface area contributed by atoms with Crippen molar-refractivity contribution in [2.75, 3.05) is 4.90 Å². The van der Waals surface area contributed by atoms with Crippen LogP contribution < -0.4 is 4.90 Å². The molecule has 0 spiro atoms. The normalized spacial score (nSPS) is 14.4. The van der Waals surface area contributed by atoms with Crippen LogP contribution in [0.15, 0.2) is 182 Å². The van der Waals surface area contributed by atoms with Crippen LogP contribution in [-0.4, -0.2) is 4.57 Å². The molecule has 11 rings (SSSR count). The molecule has 3 heteroatoms. The third-order valence-electron chi connectivity index (χ3n) is 12.5. The van der Waals surface area contributed by atoms with Gasteiger partial charge >= 0.3 is 0 Å². The van der Waals surface area contributed by atoms with E-state index in [0.29, 0.717) is 0 Å². The predicted molar refractivity (Wildman–Crippen MR) is 250 cm³/mol. The van der Waals surface area contributed by atoms with Crippen molar-refractivity contribution < 1.29 is 0 Å². The summed E-state index contributed by atoms with van der Waals surface area (Å²) in [7, 11) is 0. The molecule has 0 saturated heterocycles. The highest BCUT2D eigenvalue weighted by Crippen LogP contribution is 2.52. The molecule has 2 aromatic heterocycles. The van der Waals surface area contributed by atoms with Crippen LogP contribution in [0.3, 0.4) is 0 Å². The fourth-order valence-corrected chi connectivity index (χ4v) is 11.4. The lowest BCUT2D eigenvalue weighted by molar-refractivity contribution is 0.403. The molecule has 280 valence electrons. The molecule has 0 N–H and O–H groups in total. The molecule has 10 aromatic rings. The minimum Gasteiger partial charge on any atom is -0.310 e. The van der Waals surface area contributed by atoms with Gasteiger partial charge in [0.1, 0.15) is 0 Å². The van der Waals surface area contributed by atoms with Crippen molar-refractivity contribution in [1.29, 1.82) is 0 Å². The minimum atomic E-state index is 0.0722. The zero-order valence-electron chi connectivity index (χ0n) is 33.3. The van der Waals surface area contributed by atoms with E-state index in [1.807, 2.05) is 11.3 Å². The number of aromatic nitrogens is 1. The molecule has 58 heavy (non-hydrogen) atoms. The zero-order chi connectivity index (χ0) is 39.2. The lowest BCUT2D eigenvalue weighted by Gasteiger charge is -2.26. The molecule has 2 nitrogen and oxygen atoms in total. The third kappa shape index (κ3) is 5.52. The fourth-order valence-electron chi connectivity index (χ4n) is 10.3. The molecular weight excluding hydrogens is 721 g/mol. The first-order valence-corrected chi connectivity index (χ1v) is 21.2. The minimum absolute atomic E-state index is 0.0722. The van der Waals surface area contributed by atoms with Gasteiger partial charge in [-0.25, -0.2) is 0 Å². The predicted octanol–water partition coefficient (Wildman–Crippen LogP) is 15.9. The SMILES string of the molecule is CC1(C)CC(C)(C)c2c(-n3c4ccccc4c4cc(-c5cccc(N(c6ccc(-c7ccccc7)cc6)c6ccc7c(c6)sc6ccccc67)c5)ccc43)cccc21. The molecule has 1 aliphatic carbocycles. The Balaban J connectivity index is 1.05. The highest BCUT2D eigenvalue weighted by atomic mass is 32.1. The van der Waals surface area contributed by atoms with Crippen LogP contribution in [0.2, 0.25) is 0 Å². The smallest absolute Gasteiger partial charge is 0.0541 e. The van der Waals surface area contributed by atoms with Gasteiger partial charge in [0.15, 0.2) is 0 Å². The van der Waals surface area contributed by atoms with E-state index in [0.717, 1.165) is 23.5 Å². The summed E-state index contributed by atoms with van der Waals surface area (Å²) >= 11 is 1.86. The molecule has 1 aliphatic rings. The van der Waals surface area contributed by atoms with Crippen molar-refractivity contribution in [3.8, 4) is 27.9 Å². The molecule has 2 heterocycles. The van der Waals surface area contributed by atoms with E-state index in [2.05, 4.69) is 219 Å². The lowest BCUT2D eigenvalue weighted by atomic mass is 9.81. The second-order valence-corrected chi connectivity index (χ2v) is 18.4. The zero-order valence-corrected chi connectivity index (χ0v) is 34.1. The van der Waals surface area contributed by atoms with Crippen LogP contribution in [0.4, 0.5) is 17.1 Å². The van der Waals surface area contributed by atoms with Crippen LogP contribution in [0, 0.1) is 0 Å². The molecule has 0 fully saturated rings. The number of fused-ring (bicyclic) bond motifs is 7. The van der Waals surface area contributed by atoms with E-state index >= 15 is 0 Å². The lowest BCUT2D eigenvalue weighted by Crippen LogP contribution is -2.18. The Morgan fingerprint density at radius 3 is 1.90 bits per heavy atom. The molecule has 0 amide bonds. The van der Waals surface area contributed by atoms with Gasteiger partial charge in [-0.3, -0.25) is 0 Å². The van der Waals surface area contributed by atoms with Gasteiger partial charge in [-0.15, -0.1) is 11.3 Å². The summed E-state index contributed by atoms with van der Waals surface area (Å²) in [6.45, 7) is 9.65. The first-order chi connectivity index (χ1) is 28.2. The Morgan fingerprint density at radius 1 is 0.431 bits per heavy atom. The molecule has 0 unspecified atom stereocenters.